The number of ether oxygens (including phenoxy) is 1. The second-order valence-electron chi connectivity index (χ2n) is 4.03. The van der Waals surface area contributed by atoms with Gasteiger partial charge in [-0.15, -0.1) is 0 Å². The number of carbonyl (C=O) groups excluding carboxylic acids is 1. The van der Waals surface area contributed by atoms with Gasteiger partial charge in [-0.3, -0.25) is 5.41 Å². The Morgan fingerprint density at radius 3 is 2.82 bits per heavy atom. The van der Waals surface area contributed by atoms with Crippen molar-refractivity contribution in [2.24, 2.45) is 0 Å². The highest BCUT2D eigenvalue weighted by molar-refractivity contribution is 5.99. The molecule has 0 aliphatic carbocycles. The maximum atomic E-state index is 11.4. The molecule has 17 heavy (non-hydrogen) atoms. The van der Waals surface area contributed by atoms with Crippen molar-refractivity contribution >= 4 is 11.8 Å². The van der Waals surface area contributed by atoms with Gasteiger partial charge in [0.25, 0.3) is 0 Å². The maximum absolute atomic E-state index is 11.4. The van der Waals surface area contributed by atoms with Crippen LogP contribution in [0.4, 0.5) is 0 Å². The fourth-order valence-electron chi connectivity index (χ4n) is 1.96. The van der Waals surface area contributed by atoms with Crippen LogP contribution in [0.25, 0.3) is 0 Å². The first-order valence-electron chi connectivity index (χ1n) is 5.66. The van der Waals surface area contributed by atoms with E-state index in [9.17, 15) is 4.79 Å². The van der Waals surface area contributed by atoms with Crippen LogP contribution in [0.1, 0.15) is 28.8 Å². The average molecular weight is 231 g/mol. The molecule has 0 spiro atoms. The number of esters is 1. The largest absolute Gasteiger partial charge is 0.465 e. The highest BCUT2D eigenvalue weighted by Gasteiger charge is 2.17. The molecule has 1 aromatic rings. The Balaban J connectivity index is 2.20. The summed E-state index contributed by atoms with van der Waals surface area (Å²) in [5, 5.41) is 8.08. The summed E-state index contributed by atoms with van der Waals surface area (Å²) in [5.74, 6) is 0.0581. The van der Waals surface area contributed by atoms with E-state index in [4.69, 9.17) is 5.41 Å². The Kier molecular flexibility index (Phi) is 3.42. The van der Waals surface area contributed by atoms with E-state index in [-0.39, 0.29) is 0 Å². The fraction of sp³-hybridized carbons (Fsp3) is 0.385. The monoisotopic (exact) mass is 231 g/mol. The lowest BCUT2D eigenvalue weighted by atomic mass is 10.1. The van der Waals surface area contributed by atoms with E-state index in [1.165, 1.54) is 7.11 Å². The number of likely N-dealkylation sites (tertiary alicyclic amines) is 1. The van der Waals surface area contributed by atoms with Gasteiger partial charge >= 0.3 is 5.97 Å². The third kappa shape index (κ3) is 2.46. The van der Waals surface area contributed by atoms with Crippen LogP contribution in [-0.2, 0) is 4.74 Å². The Labute approximate surface area is 101 Å². The number of nitrogens with zero attached hydrogens (tertiary/aromatic N) is 1. The van der Waals surface area contributed by atoms with Crippen LogP contribution in [-0.4, -0.2) is 36.9 Å². The minimum Gasteiger partial charge on any atom is -0.465 e. The Morgan fingerprint density at radius 1 is 1.47 bits per heavy atom. The summed E-state index contributed by atoms with van der Waals surface area (Å²) in [6, 6.07) is 7.93. The van der Waals surface area contributed by atoms with E-state index < -0.39 is 5.97 Å². The molecular formula is C13H15N2O2. The minimum atomic E-state index is -0.416. The number of hydrogen-bond donors (Lipinski definition) is 1. The number of methoxy groups -OCH3 is 1. The van der Waals surface area contributed by atoms with E-state index in [0.717, 1.165) is 31.5 Å². The van der Waals surface area contributed by atoms with Crippen LogP contribution in [0.3, 0.4) is 0 Å². The molecule has 1 heterocycles. The van der Waals surface area contributed by atoms with Gasteiger partial charge in [0.05, 0.1) is 12.7 Å². The molecule has 1 aliphatic heterocycles. The summed E-state index contributed by atoms with van der Waals surface area (Å²) >= 11 is 0. The van der Waals surface area contributed by atoms with Crippen LogP contribution >= 0.6 is 0 Å². The molecular weight excluding hydrogens is 216 g/mol. The van der Waals surface area contributed by atoms with Crippen LogP contribution in [0.2, 0.25) is 0 Å². The molecule has 2 rings (SSSR count). The predicted molar refractivity (Wildman–Crippen MR) is 64.3 cm³/mol. The molecule has 1 fully saturated rings. The van der Waals surface area contributed by atoms with Gasteiger partial charge in [-0.25, -0.2) is 4.79 Å². The lowest BCUT2D eigenvalue weighted by molar-refractivity contribution is 0.0600. The highest BCUT2D eigenvalue weighted by Crippen LogP contribution is 2.14. The lowest BCUT2D eigenvalue weighted by Gasteiger charge is -2.18. The molecule has 0 atom stereocenters. The summed E-state index contributed by atoms with van der Waals surface area (Å²) < 4.78 is 4.64. The Morgan fingerprint density at radius 2 is 2.18 bits per heavy atom. The Hall–Kier alpha value is -1.84. The van der Waals surface area contributed by atoms with Crippen LogP contribution in [0.15, 0.2) is 18.2 Å². The van der Waals surface area contributed by atoms with Gasteiger partial charge in [-0.05, 0) is 25.0 Å². The molecule has 89 valence electrons. The molecule has 1 radical (unpaired) electrons. The Bertz CT molecular complexity index is 437. The number of nitrogens with one attached hydrogen (secondary N) is 1. The van der Waals surface area contributed by atoms with Gasteiger partial charge in [0.1, 0.15) is 5.84 Å². The van der Waals surface area contributed by atoms with E-state index in [2.05, 4.69) is 10.8 Å². The van der Waals surface area contributed by atoms with Crippen molar-refractivity contribution < 1.29 is 9.53 Å². The summed E-state index contributed by atoms with van der Waals surface area (Å²) in [7, 11) is 1.34. The van der Waals surface area contributed by atoms with Crippen LogP contribution in [0.5, 0.6) is 0 Å². The first kappa shape index (κ1) is 11.6. The summed E-state index contributed by atoms with van der Waals surface area (Å²) in [6.07, 6.45) is 2.26. The standard InChI is InChI=1S/C13H15N2O2/c1-17-13(16)11-6-4-5-10(9-11)12(14)15-7-2-3-8-15/h4-5,9,14H,2-3,7-8H2,1H3. The number of benzene rings is 1. The predicted octanol–water partition coefficient (Wildman–Crippen LogP) is 1.69. The zero-order valence-electron chi connectivity index (χ0n) is 9.82. The first-order valence-corrected chi connectivity index (χ1v) is 5.66. The van der Waals surface area contributed by atoms with Gasteiger partial charge < -0.3 is 9.64 Å². The topological polar surface area (TPSA) is 53.4 Å². The summed E-state index contributed by atoms with van der Waals surface area (Å²) in [5.41, 5.74) is 1.11. The van der Waals surface area contributed by atoms with Crippen LogP contribution < -0.4 is 0 Å². The summed E-state index contributed by atoms with van der Waals surface area (Å²) in [6.45, 7) is 1.84. The van der Waals surface area contributed by atoms with Crippen molar-refractivity contribution in [3.05, 3.63) is 35.4 Å². The lowest BCUT2D eigenvalue weighted by Crippen LogP contribution is -2.27. The highest BCUT2D eigenvalue weighted by atomic mass is 16.5. The first-order chi connectivity index (χ1) is 8.22. The van der Waals surface area contributed by atoms with Crippen molar-refractivity contribution in [3.63, 3.8) is 0 Å². The van der Waals surface area contributed by atoms with Crippen molar-refractivity contribution in [2.75, 3.05) is 20.2 Å². The molecule has 1 N–H and O–H groups in total. The third-order valence-electron chi connectivity index (χ3n) is 2.90. The second-order valence-corrected chi connectivity index (χ2v) is 4.03. The maximum Gasteiger partial charge on any atom is 0.338 e. The summed E-state index contributed by atoms with van der Waals surface area (Å²) in [4.78, 5) is 13.4. The molecule has 4 nitrogen and oxygen atoms in total. The van der Waals surface area contributed by atoms with Gasteiger partial charge in [0, 0.05) is 18.7 Å². The molecule has 0 amide bonds. The fourth-order valence-corrected chi connectivity index (χ4v) is 1.96. The molecule has 1 aromatic carbocycles. The smallest absolute Gasteiger partial charge is 0.338 e. The molecule has 0 aromatic heterocycles. The third-order valence-corrected chi connectivity index (χ3v) is 2.90. The number of rotatable bonds is 2. The van der Waals surface area contributed by atoms with Crippen molar-refractivity contribution in [1.82, 2.24) is 4.90 Å². The minimum absolute atomic E-state index is 0.369. The number of hydrogen-bond acceptors (Lipinski definition) is 3. The number of carbonyl (C=O) groups is 1. The van der Waals surface area contributed by atoms with E-state index in [0.29, 0.717) is 11.4 Å². The van der Waals surface area contributed by atoms with Gasteiger partial charge in [-0.1, -0.05) is 12.1 Å². The second kappa shape index (κ2) is 4.99. The van der Waals surface area contributed by atoms with Gasteiger partial charge in [-0.2, -0.15) is 0 Å². The molecule has 1 aliphatic rings. The van der Waals surface area contributed by atoms with E-state index in [1.807, 2.05) is 4.90 Å². The van der Waals surface area contributed by atoms with Crippen LogP contribution in [0, 0.1) is 11.5 Å². The quantitative estimate of drug-likeness (QED) is 0.479. The van der Waals surface area contributed by atoms with Crippen molar-refractivity contribution in [1.29, 1.82) is 5.41 Å². The average Bonchev–Trinajstić information content (AvgIpc) is 2.91. The normalized spacial score (nSPS) is 14.8. The molecule has 1 saturated heterocycles. The molecule has 0 saturated carbocycles. The molecule has 4 heteroatoms. The zero-order chi connectivity index (χ0) is 12.3. The SMILES string of the molecule is COC(=O)c1[c]ccc(C(=N)N2CCCC2)c1. The molecule has 0 unspecified atom stereocenters. The van der Waals surface area contributed by atoms with Crippen molar-refractivity contribution in [2.45, 2.75) is 12.8 Å². The van der Waals surface area contributed by atoms with E-state index in [1.54, 1.807) is 18.2 Å². The van der Waals surface area contributed by atoms with E-state index >= 15 is 0 Å². The van der Waals surface area contributed by atoms with Gasteiger partial charge in [0.2, 0.25) is 0 Å². The molecule has 0 bridgehead atoms. The zero-order valence-corrected chi connectivity index (χ0v) is 9.82. The van der Waals surface area contributed by atoms with Gasteiger partial charge in [0.15, 0.2) is 0 Å². The van der Waals surface area contributed by atoms with Crippen molar-refractivity contribution in [3.8, 4) is 0 Å². The number of amidine groups is 1.